The van der Waals surface area contributed by atoms with E-state index in [1.165, 1.54) is 12.1 Å². The molecule has 0 saturated carbocycles. The van der Waals surface area contributed by atoms with Gasteiger partial charge in [0.25, 0.3) is 0 Å². The van der Waals surface area contributed by atoms with Crippen LogP contribution in [0.4, 0.5) is 4.39 Å². The second-order valence-corrected chi connectivity index (χ2v) is 3.47. The van der Waals surface area contributed by atoms with Gasteiger partial charge in [-0.1, -0.05) is 6.07 Å². The quantitative estimate of drug-likeness (QED) is 0.839. The van der Waals surface area contributed by atoms with Gasteiger partial charge >= 0.3 is 0 Å². The van der Waals surface area contributed by atoms with E-state index in [0.29, 0.717) is 12.8 Å². The lowest BCUT2D eigenvalue weighted by Gasteiger charge is -2.13. The number of aryl methyl sites for hydroxylation is 1. The van der Waals surface area contributed by atoms with E-state index in [-0.39, 0.29) is 30.9 Å². The third kappa shape index (κ3) is 4.16. The lowest BCUT2D eigenvalue weighted by Crippen LogP contribution is -2.12. The molecule has 0 aromatic heterocycles. The maximum atomic E-state index is 12.9. The van der Waals surface area contributed by atoms with Gasteiger partial charge in [-0.3, -0.25) is 0 Å². The molecule has 0 aliphatic heterocycles. The summed E-state index contributed by atoms with van der Waals surface area (Å²) in [6.07, 6.45) is 1.33. The molecule has 0 unspecified atom stereocenters. The number of rotatable bonds is 4. The lowest BCUT2D eigenvalue weighted by molar-refractivity contribution is 0.280. The lowest BCUT2D eigenvalue weighted by atomic mass is 9.98. The van der Waals surface area contributed by atoms with Crippen LogP contribution in [-0.2, 0) is 0 Å². The van der Waals surface area contributed by atoms with Gasteiger partial charge in [0.1, 0.15) is 5.82 Å². The molecule has 2 nitrogen and oxygen atoms in total. The van der Waals surface area contributed by atoms with Gasteiger partial charge < -0.3 is 10.8 Å². The van der Waals surface area contributed by atoms with Crippen molar-refractivity contribution in [3.8, 4) is 0 Å². The van der Waals surface area contributed by atoms with Gasteiger partial charge in [-0.25, -0.2) is 4.39 Å². The van der Waals surface area contributed by atoms with Gasteiger partial charge in [0.05, 0.1) is 0 Å². The summed E-state index contributed by atoms with van der Waals surface area (Å²) in [7, 11) is 0. The number of hydrogen-bond donors (Lipinski definition) is 2. The van der Waals surface area contributed by atoms with Gasteiger partial charge in [0, 0.05) is 12.6 Å². The minimum absolute atomic E-state index is 0. The topological polar surface area (TPSA) is 46.2 Å². The molecule has 86 valence electrons. The molecule has 0 aliphatic rings. The normalized spacial score (nSPS) is 12.0. The van der Waals surface area contributed by atoms with Crippen molar-refractivity contribution in [2.45, 2.75) is 25.8 Å². The highest BCUT2D eigenvalue weighted by Crippen LogP contribution is 2.20. The van der Waals surface area contributed by atoms with Crippen molar-refractivity contribution in [3.05, 3.63) is 35.1 Å². The Morgan fingerprint density at radius 2 is 2.13 bits per heavy atom. The summed E-state index contributed by atoms with van der Waals surface area (Å²) >= 11 is 0. The molecule has 0 spiro atoms. The fourth-order valence-corrected chi connectivity index (χ4v) is 1.48. The predicted octanol–water partition coefficient (Wildman–Crippen LogP) is 2.33. The van der Waals surface area contributed by atoms with Crippen LogP contribution in [-0.4, -0.2) is 11.7 Å². The first-order valence-electron chi connectivity index (χ1n) is 4.77. The number of aliphatic hydroxyl groups is 1. The Balaban J connectivity index is 0.00000196. The summed E-state index contributed by atoms with van der Waals surface area (Å²) in [5.41, 5.74) is 7.70. The van der Waals surface area contributed by atoms with E-state index in [2.05, 4.69) is 0 Å². The number of hydrogen-bond acceptors (Lipinski definition) is 2. The molecule has 0 bridgehead atoms. The minimum Gasteiger partial charge on any atom is -0.396 e. The van der Waals surface area contributed by atoms with Crippen molar-refractivity contribution in [2.75, 3.05) is 6.61 Å². The molecule has 3 N–H and O–H groups in total. The maximum absolute atomic E-state index is 12.9. The molecule has 1 aromatic rings. The van der Waals surface area contributed by atoms with Crippen molar-refractivity contribution in [3.63, 3.8) is 0 Å². The van der Waals surface area contributed by atoms with Crippen molar-refractivity contribution >= 4 is 12.4 Å². The first-order valence-corrected chi connectivity index (χ1v) is 4.77. The molecule has 1 rings (SSSR count). The van der Waals surface area contributed by atoms with Gasteiger partial charge in [-0.2, -0.15) is 0 Å². The molecule has 1 atom stereocenters. The highest BCUT2D eigenvalue weighted by atomic mass is 35.5. The highest BCUT2D eigenvalue weighted by molar-refractivity contribution is 5.85. The standard InChI is InChI=1S/C11H16FNO.ClH/c1-8-4-5-9(12)7-10(8)11(13)3-2-6-14;/h4-5,7,11,14H,2-3,6,13H2,1H3;1H/t11-;/m1./s1. The van der Waals surface area contributed by atoms with Crippen LogP contribution in [0.1, 0.15) is 30.0 Å². The second kappa shape index (κ2) is 6.77. The summed E-state index contributed by atoms with van der Waals surface area (Å²) in [6, 6.07) is 4.44. The molecule has 0 radical (unpaired) electrons. The van der Waals surface area contributed by atoms with E-state index in [0.717, 1.165) is 11.1 Å². The van der Waals surface area contributed by atoms with Crippen molar-refractivity contribution in [1.82, 2.24) is 0 Å². The molecule has 4 heteroatoms. The highest BCUT2D eigenvalue weighted by Gasteiger charge is 2.09. The molecular formula is C11H17ClFNO. The minimum atomic E-state index is -0.259. The van der Waals surface area contributed by atoms with Crippen LogP contribution >= 0.6 is 12.4 Å². The Hall–Kier alpha value is -0.640. The Bertz CT molecular complexity index is 307. The number of benzene rings is 1. The van der Waals surface area contributed by atoms with Crippen LogP contribution in [0, 0.1) is 12.7 Å². The fourth-order valence-electron chi connectivity index (χ4n) is 1.48. The summed E-state index contributed by atoms with van der Waals surface area (Å²) in [5.74, 6) is -0.259. The van der Waals surface area contributed by atoms with Gasteiger partial charge in [-0.15, -0.1) is 12.4 Å². The zero-order valence-corrected chi connectivity index (χ0v) is 9.56. The first-order chi connectivity index (χ1) is 6.65. The summed E-state index contributed by atoms with van der Waals surface area (Å²) in [4.78, 5) is 0. The van der Waals surface area contributed by atoms with Crippen LogP contribution in [0.3, 0.4) is 0 Å². The zero-order chi connectivity index (χ0) is 10.6. The predicted molar refractivity (Wildman–Crippen MR) is 61.6 cm³/mol. The zero-order valence-electron chi connectivity index (χ0n) is 8.74. The van der Waals surface area contributed by atoms with E-state index in [1.807, 2.05) is 6.92 Å². The van der Waals surface area contributed by atoms with E-state index < -0.39 is 0 Å². The summed E-state index contributed by atoms with van der Waals surface area (Å²) in [6.45, 7) is 2.04. The van der Waals surface area contributed by atoms with Crippen LogP contribution in [0.2, 0.25) is 0 Å². The van der Waals surface area contributed by atoms with Gasteiger partial charge in [0.15, 0.2) is 0 Å². The van der Waals surface area contributed by atoms with Crippen LogP contribution < -0.4 is 5.73 Å². The van der Waals surface area contributed by atoms with Crippen molar-refractivity contribution in [1.29, 1.82) is 0 Å². The SMILES string of the molecule is Cc1ccc(F)cc1[C@H](N)CCCO.Cl. The van der Waals surface area contributed by atoms with Crippen LogP contribution in [0.15, 0.2) is 18.2 Å². The molecule has 15 heavy (non-hydrogen) atoms. The van der Waals surface area contributed by atoms with Crippen LogP contribution in [0.25, 0.3) is 0 Å². The van der Waals surface area contributed by atoms with E-state index >= 15 is 0 Å². The van der Waals surface area contributed by atoms with Crippen molar-refractivity contribution < 1.29 is 9.50 Å². The molecule has 1 aromatic carbocycles. The van der Waals surface area contributed by atoms with E-state index in [1.54, 1.807) is 6.07 Å². The fraction of sp³-hybridized carbons (Fsp3) is 0.455. The molecule has 0 aliphatic carbocycles. The smallest absolute Gasteiger partial charge is 0.123 e. The van der Waals surface area contributed by atoms with Crippen molar-refractivity contribution in [2.24, 2.45) is 5.73 Å². The Morgan fingerprint density at radius 3 is 2.73 bits per heavy atom. The molecule has 0 saturated heterocycles. The summed E-state index contributed by atoms with van der Waals surface area (Å²) < 4.78 is 12.9. The Kier molecular flexibility index (Phi) is 6.48. The summed E-state index contributed by atoms with van der Waals surface area (Å²) in [5, 5.41) is 8.66. The monoisotopic (exact) mass is 233 g/mol. The average molecular weight is 234 g/mol. The van der Waals surface area contributed by atoms with E-state index in [4.69, 9.17) is 10.8 Å². The first kappa shape index (κ1) is 14.4. The number of halogens is 2. The van der Waals surface area contributed by atoms with Gasteiger partial charge in [-0.05, 0) is 43.0 Å². The molecule has 0 amide bonds. The maximum Gasteiger partial charge on any atom is 0.123 e. The average Bonchev–Trinajstić information content (AvgIpc) is 2.18. The third-order valence-electron chi connectivity index (χ3n) is 2.31. The van der Waals surface area contributed by atoms with Gasteiger partial charge in [0.2, 0.25) is 0 Å². The Labute approximate surface area is 95.7 Å². The second-order valence-electron chi connectivity index (χ2n) is 3.47. The molecule has 0 fully saturated rings. The number of aliphatic hydroxyl groups excluding tert-OH is 1. The third-order valence-corrected chi connectivity index (χ3v) is 2.31. The van der Waals surface area contributed by atoms with Crippen LogP contribution in [0.5, 0.6) is 0 Å². The molecule has 0 heterocycles. The van der Waals surface area contributed by atoms with E-state index in [9.17, 15) is 4.39 Å². The Morgan fingerprint density at radius 1 is 1.47 bits per heavy atom. The number of nitrogens with two attached hydrogens (primary N) is 1. The largest absolute Gasteiger partial charge is 0.396 e. The molecular weight excluding hydrogens is 217 g/mol.